The molecule has 0 atom stereocenters. The van der Waals surface area contributed by atoms with Gasteiger partial charge in [0.25, 0.3) is 5.91 Å². The number of aryl methyl sites for hydroxylation is 2. The van der Waals surface area contributed by atoms with E-state index in [0.29, 0.717) is 23.6 Å². The zero-order chi connectivity index (χ0) is 17.1. The van der Waals surface area contributed by atoms with Gasteiger partial charge in [-0.25, -0.2) is 4.39 Å². The van der Waals surface area contributed by atoms with Crippen LogP contribution in [0, 0.1) is 5.82 Å². The number of amides is 1. The Hall–Kier alpha value is -1.93. The third-order valence-corrected chi connectivity index (χ3v) is 5.18. The third kappa shape index (κ3) is 3.44. The summed E-state index contributed by atoms with van der Waals surface area (Å²) in [4.78, 5) is 17.2. The first-order valence-electron chi connectivity index (χ1n) is 7.52. The fraction of sp³-hybridized carbons (Fsp3) is 0.312. The quantitative estimate of drug-likeness (QED) is 0.699. The average Bonchev–Trinajstić information content (AvgIpc) is 3.17. The number of nitrogens with zero attached hydrogens (tertiary/aromatic N) is 4. The molecule has 0 bridgehead atoms. The number of hydrogen-bond acceptors (Lipinski definition) is 4. The maximum atomic E-state index is 13.5. The lowest BCUT2D eigenvalue weighted by atomic mass is 10.3. The Morgan fingerprint density at radius 2 is 2.25 bits per heavy atom. The molecule has 5 nitrogen and oxygen atoms in total. The van der Waals surface area contributed by atoms with Crippen molar-refractivity contribution in [1.82, 2.24) is 14.3 Å². The number of fused-ring (bicyclic) bond motifs is 1. The van der Waals surface area contributed by atoms with Crippen molar-refractivity contribution in [2.75, 3.05) is 12.0 Å². The Balaban J connectivity index is 2.07. The Morgan fingerprint density at radius 3 is 2.96 bits per heavy atom. The molecular formula is C16H17FN4OS2. The number of thioether (sulfide) groups is 1. The second kappa shape index (κ2) is 7.31. The van der Waals surface area contributed by atoms with Crippen LogP contribution in [-0.2, 0) is 13.1 Å². The summed E-state index contributed by atoms with van der Waals surface area (Å²) in [6, 6.07) is 6.30. The lowest BCUT2D eigenvalue weighted by Gasteiger charge is -2.03. The number of hydrogen-bond donors (Lipinski definition) is 0. The van der Waals surface area contributed by atoms with Crippen LogP contribution in [0.1, 0.15) is 17.4 Å². The molecule has 8 heteroatoms. The van der Waals surface area contributed by atoms with Gasteiger partial charge in [0.15, 0.2) is 10.5 Å². The van der Waals surface area contributed by atoms with Gasteiger partial charge in [-0.2, -0.15) is 21.9 Å². The first-order valence-corrected chi connectivity index (χ1v) is 9.73. The molecule has 0 aliphatic carbocycles. The molecule has 2 heterocycles. The van der Waals surface area contributed by atoms with Crippen molar-refractivity contribution in [2.45, 2.75) is 20.0 Å². The van der Waals surface area contributed by atoms with Crippen molar-refractivity contribution in [2.24, 2.45) is 4.99 Å². The first kappa shape index (κ1) is 16.9. The topological polar surface area (TPSA) is 52.2 Å². The van der Waals surface area contributed by atoms with E-state index in [0.717, 1.165) is 16.0 Å². The van der Waals surface area contributed by atoms with Gasteiger partial charge in [0.1, 0.15) is 5.82 Å². The monoisotopic (exact) mass is 364 g/mol. The molecule has 1 amide bonds. The summed E-state index contributed by atoms with van der Waals surface area (Å²) in [6.07, 6.45) is 3.78. The molecule has 0 unspecified atom stereocenters. The lowest BCUT2D eigenvalue weighted by molar-refractivity contribution is 0.0992. The van der Waals surface area contributed by atoms with E-state index in [-0.39, 0.29) is 11.7 Å². The largest absolute Gasteiger partial charge is 0.316 e. The number of carbonyl (C=O) groups is 1. The number of benzene rings is 1. The van der Waals surface area contributed by atoms with Crippen LogP contribution in [0.25, 0.3) is 10.2 Å². The van der Waals surface area contributed by atoms with E-state index in [9.17, 15) is 9.18 Å². The van der Waals surface area contributed by atoms with Crippen LogP contribution in [0.2, 0.25) is 0 Å². The molecule has 3 rings (SSSR count). The highest BCUT2D eigenvalue weighted by Crippen LogP contribution is 2.19. The van der Waals surface area contributed by atoms with Crippen LogP contribution >= 0.6 is 23.1 Å². The molecule has 126 valence electrons. The predicted octanol–water partition coefficient (Wildman–Crippen LogP) is 3.16. The molecule has 0 fully saturated rings. The Labute approximate surface area is 146 Å². The van der Waals surface area contributed by atoms with E-state index in [4.69, 9.17) is 0 Å². The normalized spacial score (nSPS) is 12.2. The minimum atomic E-state index is -0.382. The maximum absolute atomic E-state index is 13.5. The van der Waals surface area contributed by atoms with Crippen molar-refractivity contribution < 1.29 is 9.18 Å². The van der Waals surface area contributed by atoms with Gasteiger partial charge in [0.2, 0.25) is 0 Å². The van der Waals surface area contributed by atoms with E-state index < -0.39 is 0 Å². The molecule has 0 saturated heterocycles. The standard InChI is InChI=1S/C16H17FN4OS2/c1-3-20-7-6-12(19-20)15(22)18-16-21(8-9-23-2)13-5-4-11(17)10-14(13)24-16/h4-7,10H,3,8-9H2,1-2H3. The molecule has 2 aromatic heterocycles. The number of rotatable bonds is 5. The molecule has 3 aromatic rings. The van der Waals surface area contributed by atoms with E-state index in [2.05, 4.69) is 10.1 Å². The maximum Gasteiger partial charge on any atom is 0.300 e. The van der Waals surface area contributed by atoms with E-state index >= 15 is 0 Å². The molecule has 0 N–H and O–H groups in total. The molecule has 0 spiro atoms. The Bertz CT molecular complexity index is 941. The fourth-order valence-corrected chi connectivity index (χ4v) is 3.77. The Kier molecular flexibility index (Phi) is 5.15. The van der Waals surface area contributed by atoms with Gasteiger partial charge in [0, 0.05) is 25.0 Å². The predicted molar refractivity (Wildman–Crippen MR) is 95.9 cm³/mol. The molecule has 24 heavy (non-hydrogen) atoms. The van der Waals surface area contributed by atoms with Gasteiger partial charge in [-0.15, -0.1) is 0 Å². The van der Waals surface area contributed by atoms with Crippen LogP contribution < -0.4 is 4.80 Å². The van der Waals surface area contributed by atoms with Gasteiger partial charge in [0.05, 0.1) is 10.2 Å². The number of halogens is 1. The molecule has 0 saturated carbocycles. The third-order valence-electron chi connectivity index (χ3n) is 3.54. The minimum Gasteiger partial charge on any atom is -0.316 e. The average molecular weight is 364 g/mol. The smallest absolute Gasteiger partial charge is 0.300 e. The van der Waals surface area contributed by atoms with Crippen LogP contribution in [0.3, 0.4) is 0 Å². The summed E-state index contributed by atoms with van der Waals surface area (Å²) >= 11 is 3.02. The number of thiazole rings is 1. The van der Waals surface area contributed by atoms with Crippen molar-refractivity contribution in [3.63, 3.8) is 0 Å². The minimum absolute atomic E-state index is 0.291. The van der Waals surface area contributed by atoms with Crippen molar-refractivity contribution in [3.8, 4) is 0 Å². The highest BCUT2D eigenvalue weighted by Gasteiger charge is 2.11. The molecule has 0 radical (unpaired) electrons. The summed E-state index contributed by atoms with van der Waals surface area (Å²) in [5.41, 5.74) is 1.21. The van der Waals surface area contributed by atoms with E-state index in [1.807, 2.05) is 17.7 Å². The SMILES string of the molecule is CCn1ccc(C(=O)N=c2sc3cc(F)ccc3n2CCSC)n1. The summed E-state index contributed by atoms with van der Waals surface area (Å²) in [7, 11) is 0. The highest BCUT2D eigenvalue weighted by atomic mass is 32.2. The molecular weight excluding hydrogens is 347 g/mol. The van der Waals surface area contributed by atoms with E-state index in [1.165, 1.54) is 23.5 Å². The van der Waals surface area contributed by atoms with Gasteiger partial charge < -0.3 is 4.57 Å². The van der Waals surface area contributed by atoms with Gasteiger partial charge in [-0.3, -0.25) is 9.48 Å². The van der Waals surface area contributed by atoms with Crippen LogP contribution in [-0.4, -0.2) is 32.3 Å². The van der Waals surface area contributed by atoms with Crippen molar-refractivity contribution in [1.29, 1.82) is 0 Å². The number of carbonyl (C=O) groups excluding carboxylic acids is 1. The van der Waals surface area contributed by atoms with Crippen molar-refractivity contribution in [3.05, 3.63) is 46.8 Å². The fourth-order valence-electron chi connectivity index (χ4n) is 2.33. The van der Waals surface area contributed by atoms with Crippen LogP contribution in [0.15, 0.2) is 35.5 Å². The van der Waals surface area contributed by atoms with Crippen LogP contribution in [0.5, 0.6) is 0 Å². The van der Waals surface area contributed by atoms with E-state index in [1.54, 1.807) is 34.8 Å². The molecule has 1 aromatic carbocycles. The zero-order valence-corrected chi connectivity index (χ0v) is 15.0. The summed E-state index contributed by atoms with van der Waals surface area (Å²) in [6.45, 7) is 3.36. The molecule has 0 aliphatic rings. The summed E-state index contributed by atoms with van der Waals surface area (Å²) in [5.74, 6) is 0.210. The van der Waals surface area contributed by atoms with Crippen LogP contribution in [0.4, 0.5) is 4.39 Å². The Morgan fingerprint density at radius 1 is 1.42 bits per heavy atom. The highest BCUT2D eigenvalue weighted by molar-refractivity contribution is 7.98. The summed E-state index contributed by atoms with van der Waals surface area (Å²) in [5, 5.41) is 4.19. The van der Waals surface area contributed by atoms with Crippen molar-refractivity contribution >= 4 is 39.2 Å². The number of aromatic nitrogens is 3. The first-order chi connectivity index (χ1) is 11.6. The van der Waals surface area contributed by atoms with Gasteiger partial charge >= 0.3 is 0 Å². The van der Waals surface area contributed by atoms with Gasteiger partial charge in [-0.1, -0.05) is 11.3 Å². The second-order valence-corrected chi connectivity index (χ2v) is 7.11. The second-order valence-electron chi connectivity index (χ2n) is 5.11. The lowest BCUT2D eigenvalue weighted by Crippen LogP contribution is -2.18. The summed E-state index contributed by atoms with van der Waals surface area (Å²) < 4.78 is 17.9. The molecule has 0 aliphatic heterocycles. The van der Waals surface area contributed by atoms with Gasteiger partial charge in [-0.05, 0) is 37.4 Å². The zero-order valence-electron chi connectivity index (χ0n) is 13.4.